The summed E-state index contributed by atoms with van der Waals surface area (Å²) >= 11 is 0. The maximum absolute atomic E-state index is 14.0. The quantitative estimate of drug-likeness (QED) is 0.703. The third-order valence-corrected chi connectivity index (χ3v) is 6.68. The summed E-state index contributed by atoms with van der Waals surface area (Å²) in [5.41, 5.74) is 1.17. The topological polar surface area (TPSA) is 78.9 Å². The number of piperazine rings is 1. The molecule has 0 aromatic heterocycles. The molecule has 9 heteroatoms. The first-order valence-electron chi connectivity index (χ1n) is 10.2. The molecular weight excluding hydrogens is 421 g/mol. The second-order valence-corrected chi connectivity index (χ2v) is 9.53. The Hall–Kier alpha value is -2.65. The predicted octanol–water partition coefficient (Wildman–Crippen LogP) is 2.55. The van der Waals surface area contributed by atoms with Crippen LogP contribution in [0.1, 0.15) is 19.4 Å². The van der Waals surface area contributed by atoms with E-state index in [1.54, 1.807) is 49.9 Å². The number of benzene rings is 2. The summed E-state index contributed by atoms with van der Waals surface area (Å²) in [6.07, 6.45) is 0. The molecule has 0 atom stereocenters. The van der Waals surface area contributed by atoms with Crippen LogP contribution >= 0.6 is 0 Å². The smallest absolute Gasteiger partial charge is 0.260 e. The number of carbonyl (C=O) groups is 1. The molecule has 1 saturated heterocycles. The van der Waals surface area contributed by atoms with Crippen LogP contribution in [0.3, 0.4) is 0 Å². The summed E-state index contributed by atoms with van der Waals surface area (Å²) in [7, 11) is -3.59. The zero-order valence-electron chi connectivity index (χ0n) is 18.0. The molecule has 3 rings (SSSR count). The maximum Gasteiger partial charge on any atom is 0.260 e. The highest BCUT2D eigenvalue weighted by molar-refractivity contribution is 7.89. The van der Waals surface area contributed by atoms with Crippen molar-refractivity contribution in [2.45, 2.75) is 31.7 Å². The number of rotatable bonds is 7. The highest BCUT2D eigenvalue weighted by Gasteiger charge is 2.23. The number of halogens is 1. The number of para-hydroxylation sites is 1. The summed E-state index contributed by atoms with van der Waals surface area (Å²) < 4.78 is 46.7. The van der Waals surface area contributed by atoms with Gasteiger partial charge in [-0.1, -0.05) is 12.1 Å². The van der Waals surface area contributed by atoms with Crippen LogP contribution in [0.2, 0.25) is 0 Å². The van der Waals surface area contributed by atoms with E-state index in [1.807, 2.05) is 4.90 Å². The van der Waals surface area contributed by atoms with Gasteiger partial charge in [0.1, 0.15) is 11.6 Å². The zero-order chi connectivity index (χ0) is 22.6. The van der Waals surface area contributed by atoms with Crippen LogP contribution < -0.4 is 14.4 Å². The summed E-state index contributed by atoms with van der Waals surface area (Å²) in [5.74, 6) is 0.0303. The van der Waals surface area contributed by atoms with Crippen LogP contribution in [0, 0.1) is 12.7 Å². The van der Waals surface area contributed by atoms with Gasteiger partial charge in [0.15, 0.2) is 6.61 Å². The highest BCUT2D eigenvalue weighted by Crippen LogP contribution is 2.23. The van der Waals surface area contributed by atoms with Crippen LogP contribution in [0.5, 0.6) is 5.75 Å². The summed E-state index contributed by atoms with van der Waals surface area (Å²) in [5, 5.41) is 0. The van der Waals surface area contributed by atoms with Gasteiger partial charge < -0.3 is 14.5 Å². The van der Waals surface area contributed by atoms with Gasteiger partial charge >= 0.3 is 0 Å². The van der Waals surface area contributed by atoms with Gasteiger partial charge in [-0.15, -0.1) is 0 Å². The molecule has 0 aliphatic carbocycles. The number of hydrogen-bond acceptors (Lipinski definition) is 5. The van der Waals surface area contributed by atoms with Crippen molar-refractivity contribution in [3.63, 3.8) is 0 Å². The Bertz CT molecular complexity index is 1030. The number of nitrogens with zero attached hydrogens (tertiary/aromatic N) is 2. The maximum atomic E-state index is 14.0. The van der Waals surface area contributed by atoms with E-state index in [0.29, 0.717) is 43.2 Å². The predicted molar refractivity (Wildman–Crippen MR) is 117 cm³/mol. The number of aryl methyl sites for hydroxylation is 1. The number of ether oxygens (including phenoxy) is 1. The van der Waals surface area contributed by atoms with Crippen molar-refractivity contribution >= 4 is 21.6 Å². The molecule has 1 fully saturated rings. The van der Waals surface area contributed by atoms with E-state index in [9.17, 15) is 17.6 Å². The number of hydrogen-bond donors (Lipinski definition) is 1. The lowest BCUT2D eigenvalue weighted by Gasteiger charge is -2.36. The van der Waals surface area contributed by atoms with Gasteiger partial charge in [0.05, 0.1) is 10.6 Å². The third-order valence-electron chi connectivity index (χ3n) is 5.02. The van der Waals surface area contributed by atoms with Gasteiger partial charge in [-0.3, -0.25) is 4.79 Å². The van der Waals surface area contributed by atoms with E-state index < -0.39 is 10.0 Å². The molecular formula is C22H28FN3O4S. The number of amides is 1. The largest absolute Gasteiger partial charge is 0.483 e. The summed E-state index contributed by atoms with van der Waals surface area (Å²) in [6.45, 7) is 7.15. The Morgan fingerprint density at radius 1 is 1.13 bits per heavy atom. The first kappa shape index (κ1) is 23.0. The van der Waals surface area contributed by atoms with Gasteiger partial charge in [0, 0.05) is 32.2 Å². The number of carbonyl (C=O) groups excluding carboxylic acids is 1. The van der Waals surface area contributed by atoms with Gasteiger partial charge in [0.2, 0.25) is 10.0 Å². The van der Waals surface area contributed by atoms with Crippen LogP contribution in [-0.4, -0.2) is 58.1 Å². The molecule has 1 heterocycles. The standard InChI is InChI=1S/C22H28FN3O4S/c1-16(2)24-31(28,29)18-8-9-21(17(3)14-18)30-15-22(27)26-12-10-25(11-13-26)20-7-5-4-6-19(20)23/h4-9,14,16,24H,10-13,15H2,1-3H3. The molecule has 168 valence electrons. The number of anilines is 1. The van der Waals surface area contributed by atoms with E-state index in [-0.39, 0.29) is 29.3 Å². The van der Waals surface area contributed by atoms with E-state index >= 15 is 0 Å². The Balaban J connectivity index is 1.55. The molecule has 0 bridgehead atoms. The van der Waals surface area contributed by atoms with Crippen molar-refractivity contribution in [1.82, 2.24) is 9.62 Å². The first-order valence-corrected chi connectivity index (χ1v) is 11.7. The minimum Gasteiger partial charge on any atom is -0.483 e. The molecule has 1 aliphatic heterocycles. The average molecular weight is 450 g/mol. The summed E-state index contributed by atoms with van der Waals surface area (Å²) in [6, 6.07) is 11.0. The molecule has 0 spiro atoms. The van der Waals surface area contributed by atoms with E-state index in [2.05, 4.69) is 4.72 Å². The Labute approximate surface area is 182 Å². The fraction of sp³-hybridized carbons (Fsp3) is 0.409. The van der Waals surface area contributed by atoms with Crippen molar-refractivity contribution in [3.8, 4) is 5.75 Å². The Kier molecular flexibility index (Phi) is 7.17. The zero-order valence-corrected chi connectivity index (χ0v) is 18.8. The molecule has 1 aliphatic rings. The molecule has 31 heavy (non-hydrogen) atoms. The van der Waals surface area contributed by atoms with E-state index in [4.69, 9.17) is 4.74 Å². The second kappa shape index (κ2) is 9.65. The van der Waals surface area contributed by atoms with Crippen LogP contribution in [0.15, 0.2) is 47.4 Å². The summed E-state index contributed by atoms with van der Waals surface area (Å²) in [4.78, 5) is 16.3. The molecule has 0 saturated carbocycles. The second-order valence-electron chi connectivity index (χ2n) is 7.81. The monoisotopic (exact) mass is 449 g/mol. The first-order chi connectivity index (χ1) is 14.7. The normalized spacial score (nSPS) is 14.7. The molecule has 7 nitrogen and oxygen atoms in total. The molecule has 1 amide bonds. The van der Waals surface area contributed by atoms with Crippen molar-refractivity contribution < 1.29 is 22.3 Å². The fourth-order valence-electron chi connectivity index (χ4n) is 3.47. The highest BCUT2D eigenvalue weighted by atomic mass is 32.2. The van der Waals surface area contributed by atoms with Crippen molar-refractivity contribution in [2.24, 2.45) is 0 Å². The SMILES string of the molecule is Cc1cc(S(=O)(=O)NC(C)C)ccc1OCC(=O)N1CCN(c2ccccc2F)CC1. The Morgan fingerprint density at radius 2 is 1.81 bits per heavy atom. The molecule has 1 N–H and O–H groups in total. The van der Waals surface area contributed by atoms with Crippen molar-refractivity contribution in [3.05, 3.63) is 53.8 Å². The van der Waals surface area contributed by atoms with Gasteiger partial charge in [-0.05, 0) is 56.7 Å². The molecule has 0 unspecified atom stereocenters. The number of sulfonamides is 1. The minimum atomic E-state index is -3.59. The fourth-order valence-corrected chi connectivity index (χ4v) is 4.80. The molecule has 2 aromatic rings. The van der Waals surface area contributed by atoms with E-state index in [1.165, 1.54) is 18.2 Å². The van der Waals surface area contributed by atoms with Gasteiger partial charge in [0.25, 0.3) is 5.91 Å². The minimum absolute atomic E-state index is 0.142. The average Bonchev–Trinajstić information content (AvgIpc) is 2.72. The van der Waals surface area contributed by atoms with Gasteiger partial charge in [-0.2, -0.15) is 0 Å². The molecule has 2 aromatic carbocycles. The van der Waals surface area contributed by atoms with Crippen molar-refractivity contribution in [2.75, 3.05) is 37.7 Å². The lowest BCUT2D eigenvalue weighted by molar-refractivity contribution is -0.133. The molecule has 0 radical (unpaired) electrons. The lowest BCUT2D eigenvalue weighted by Crippen LogP contribution is -2.50. The number of nitrogens with one attached hydrogen (secondary N) is 1. The van der Waals surface area contributed by atoms with Crippen LogP contribution in [-0.2, 0) is 14.8 Å². The third kappa shape index (κ3) is 5.74. The van der Waals surface area contributed by atoms with Gasteiger partial charge in [-0.25, -0.2) is 17.5 Å². The van der Waals surface area contributed by atoms with Crippen molar-refractivity contribution in [1.29, 1.82) is 0 Å². The van der Waals surface area contributed by atoms with Crippen LogP contribution in [0.25, 0.3) is 0 Å². The Morgan fingerprint density at radius 3 is 2.42 bits per heavy atom. The van der Waals surface area contributed by atoms with E-state index in [0.717, 1.165) is 0 Å². The van der Waals surface area contributed by atoms with Crippen LogP contribution in [0.4, 0.5) is 10.1 Å². The lowest BCUT2D eigenvalue weighted by atomic mass is 10.2.